The van der Waals surface area contributed by atoms with E-state index in [1.807, 2.05) is 24.9 Å². The van der Waals surface area contributed by atoms with Gasteiger partial charge in [-0.05, 0) is 32.6 Å². The van der Waals surface area contributed by atoms with Crippen molar-refractivity contribution in [2.75, 3.05) is 26.7 Å². The van der Waals surface area contributed by atoms with Crippen molar-refractivity contribution in [2.45, 2.75) is 45.2 Å². The topological polar surface area (TPSA) is 27.6 Å². The lowest BCUT2D eigenvalue weighted by atomic mass is 10.2. The maximum Gasteiger partial charge on any atom is 0.389 e. The average molecular weight is 293 g/mol. The SMILES string of the molecule is C=CCCCN(C)C(=NCCCCC(F)(F)F)NCC. The molecule has 118 valence electrons. The van der Waals surface area contributed by atoms with Crippen LogP contribution in [0.3, 0.4) is 0 Å². The minimum absolute atomic E-state index is 0.132. The minimum Gasteiger partial charge on any atom is -0.357 e. The number of hydrogen-bond donors (Lipinski definition) is 1. The number of nitrogens with zero attached hydrogens (tertiary/aromatic N) is 2. The van der Waals surface area contributed by atoms with Crippen LogP contribution in [-0.2, 0) is 0 Å². The normalized spacial score (nSPS) is 12.3. The zero-order valence-corrected chi connectivity index (χ0v) is 12.5. The van der Waals surface area contributed by atoms with Gasteiger partial charge in [0.25, 0.3) is 0 Å². The van der Waals surface area contributed by atoms with Crippen LogP contribution in [0.1, 0.15) is 39.0 Å². The Morgan fingerprint density at radius 2 is 2.00 bits per heavy atom. The molecule has 0 aromatic heterocycles. The lowest BCUT2D eigenvalue weighted by Gasteiger charge is -2.21. The third-order valence-electron chi connectivity index (χ3n) is 2.73. The van der Waals surface area contributed by atoms with Crippen molar-refractivity contribution in [2.24, 2.45) is 4.99 Å². The van der Waals surface area contributed by atoms with E-state index in [4.69, 9.17) is 0 Å². The molecule has 0 saturated heterocycles. The summed E-state index contributed by atoms with van der Waals surface area (Å²) in [6.45, 7) is 7.65. The van der Waals surface area contributed by atoms with E-state index in [-0.39, 0.29) is 6.42 Å². The van der Waals surface area contributed by atoms with Gasteiger partial charge in [0, 0.05) is 33.1 Å². The molecule has 0 amide bonds. The van der Waals surface area contributed by atoms with Crippen LogP contribution in [0.2, 0.25) is 0 Å². The summed E-state index contributed by atoms with van der Waals surface area (Å²) in [7, 11) is 1.93. The number of alkyl halides is 3. The number of hydrogen-bond acceptors (Lipinski definition) is 1. The van der Waals surface area contributed by atoms with E-state index < -0.39 is 12.6 Å². The second kappa shape index (κ2) is 10.6. The summed E-state index contributed by atoms with van der Waals surface area (Å²) in [5.74, 6) is 0.753. The summed E-state index contributed by atoms with van der Waals surface area (Å²) in [5, 5.41) is 3.14. The first-order valence-corrected chi connectivity index (χ1v) is 7.07. The van der Waals surface area contributed by atoms with Crippen molar-refractivity contribution in [3.05, 3.63) is 12.7 Å². The van der Waals surface area contributed by atoms with Gasteiger partial charge in [0.1, 0.15) is 0 Å². The fraction of sp³-hybridized carbons (Fsp3) is 0.786. The molecule has 0 aliphatic carbocycles. The number of halogens is 3. The zero-order chi connectivity index (χ0) is 15.4. The van der Waals surface area contributed by atoms with Crippen LogP contribution in [0, 0.1) is 0 Å². The second-order valence-electron chi connectivity index (χ2n) is 4.66. The molecule has 20 heavy (non-hydrogen) atoms. The van der Waals surface area contributed by atoms with Crippen LogP contribution >= 0.6 is 0 Å². The van der Waals surface area contributed by atoms with Crippen LogP contribution in [0.25, 0.3) is 0 Å². The lowest BCUT2D eigenvalue weighted by Crippen LogP contribution is -2.39. The molecule has 0 saturated carbocycles. The predicted molar refractivity (Wildman–Crippen MR) is 77.9 cm³/mol. The largest absolute Gasteiger partial charge is 0.389 e. The Kier molecular flexibility index (Phi) is 9.94. The van der Waals surface area contributed by atoms with Crippen molar-refractivity contribution in [3.63, 3.8) is 0 Å². The molecule has 0 fully saturated rings. The molecule has 0 radical (unpaired) electrons. The first-order chi connectivity index (χ1) is 9.40. The highest BCUT2D eigenvalue weighted by molar-refractivity contribution is 5.79. The maximum atomic E-state index is 12.0. The molecule has 0 aromatic carbocycles. The van der Waals surface area contributed by atoms with Crippen LogP contribution < -0.4 is 5.32 Å². The smallest absolute Gasteiger partial charge is 0.357 e. The summed E-state index contributed by atoms with van der Waals surface area (Å²) in [6.07, 6.45) is -0.408. The van der Waals surface area contributed by atoms with Gasteiger partial charge in [0.2, 0.25) is 0 Å². The van der Waals surface area contributed by atoms with Crippen molar-refractivity contribution >= 4 is 5.96 Å². The fourth-order valence-electron chi connectivity index (χ4n) is 1.67. The van der Waals surface area contributed by atoms with Crippen LogP contribution in [0.15, 0.2) is 17.6 Å². The molecule has 0 atom stereocenters. The van der Waals surface area contributed by atoms with Crippen molar-refractivity contribution in [1.29, 1.82) is 0 Å². The van der Waals surface area contributed by atoms with Gasteiger partial charge in [-0.3, -0.25) is 4.99 Å². The van der Waals surface area contributed by atoms with E-state index >= 15 is 0 Å². The summed E-state index contributed by atoms with van der Waals surface area (Å²) in [6, 6.07) is 0. The van der Waals surface area contributed by atoms with Gasteiger partial charge in [-0.25, -0.2) is 0 Å². The van der Waals surface area contributed by atoms with Crippen LogP contribution in [0.5, 0.6) is 0 Å². The molecule has 0 bridgehead atoms. The number of nitrogens with one attached hydrogen (secondary N) is 1. The maximum absolute atomic E-state index is 12.0. The van der Waals surface area contributed by atoms with Gasteiger partial charge < -0.3 is 10.2 Å². The van der Waals surface area contributed by atoms with Crippen LogP contribution in [0.4, 0.5) is 13.2 Å². The number of rotatable bonds is 9. The first-order valence-electron chi connectivity index (χ1n) is 7.07. The van der Waals surface area contributed by atoms with E-state index in [9.17, 15) is 13.2 Å². The molecule has 0 aromatic rings. The molecule has 0 aliphatic heterocycles. The van der Waals surface area contributed by atoms with E-state index in [1.54, 1.807) is 0 Å². The van der Waals surface area contributed by atoms with E-state index in [1.165, 1.54) is 0 Å². The summed E-state index contributed by atoms with van der Waals surface area (Å²) < 4.78 is 36.0. The third-order valence-corrected chi connectivity index (χ3v) is 2.73. The quantitative estimate of drug-likeness (QED) is 0.304. The van der Waals surface area contributed by atoms with E-state index in [0.29, 0.717) is 13.0 Å². The van der Waals surface area contributed by atoms with Gasteiger partial charge in [0.05, 0.1) is 0 Å². The highest BCUT2D eigenvalue weighted by Crippen LogP contribution is 2.21. The van der Waals surface area contributed by atoms with E-state index in [0.717, 1.165) is 31.9 Å². The average Bonchev–Trinajstić information content (AvgIpc) is 2.36. The Bertz CT molecular complexity index is 288. The summed E-state index contributed by atoms with van der Waals surface area (Å²) in [4.78, 5) is 6.35. The number of allylic oxidation sites excluding steroid dienone is 1. The molecule has 0 spiro atoms. The lowest BCUT2D eigenvalue weighted by molar-refractivity contribution is -0.135. The van der Waals surface area contributed by atoms with Gasteiger partial charge in [-0.2, -0.15) is 13.2 Å². The molecular weight excluding hydrogens is 267 g/mol. The van der Waals surface area contributed by atoms with Crippen LogP contribution in [-0.4, -0.2) is 43.7 Å². The predicted octanol–water partition coefficient (Wildman–Crippen LogP) is 3.58. The van der Waals surface area contributed by atoms with Gasteiger partial charge >= 0.3 is 6.18 Å². The minimum atomic E-state index is -4.06. The van der Waals surface area contributed by atoms with Gasteiger partial charge in [-0.1, -0.05) is 6.08 Å². The van der Waals surface area contributed by atoms with Gasteiger partial charge in [-0.15, -0.1) is 6.58 Å². The molecule has 3 nitrogen and oxygen atoms in total. The molecule has 0 unspecified atom stereocenters. The first kappa shape index (κ1) is 18.8. The Labute approximate surface area is 119 Å². The Hall–Kier alpha value is -1.20. The van der Waals surface area contributed by atoms with Crippen molar-refractivity contribution < 1.29 is 13.2 Å². The van der Waals surface area contributed by atoms with E-state index in [2.05, 4.69) is 16.9 Å². The number of aliphatic imine (C=N–C) groups is 1. The molecule has 1 N–H and O–H groups in total. The highest BCUT2D eigenvalue weighted by Gasteiger charge is 2.25. The molecular formula is C14H26F3N3. The zero-order valence-electron chi connectivity index (χ0n) is 12.5. The monoisotopic (exact) mass is 293 g/mol. The number of unbranched alkanes of at least 4 members (excludes halogenated alkanes) is 2. The van der Waals surface area contributed by atoms with Crippen molar-refractivity contribution in [3.8, 4) is 0 Å². The Balaban J connectivity index is 4.08. The number of guanidine groups is 1. The third kappa shape index (κ3) is 10.7. The molecule has 0 heterocycles. The fourth-order valence-corrected chi connectivity index (χ4v) is 1.67. The highest BCUT2D eigenvalue weighted by atomic mass is 19.4. The molecule has 0 rings (SSSR count). The second-order valence-corrected chi connectivity index (χ2v) is 4.66. The van der Waals surface area contributed by atoms with Gasteiger partial charge in [0.15, 0.2) is 5.96 Å². The summed E-state index contributed by atoms with van der Waals surface area (Å²) >= 11 is 0. The Morgan fingerprint density at radius 3 is 2.55 bits per heavy atom. The molecule has 0 aliphatic rings. The summed E-state index contributed by atoms with van der Waals surface area (Å²) in [5.41, 5.74) is 0. The Morgan fingerprint density at radius 1 is 1.30 bits per heavy atom. The standard InChI is InChI=1S/C14H26F3N3/c1-4-6-9-12-20(3)13(18-5-2)19-11-8-7-10-14(15,16)17/h4H,1,5-12H2,2-3H3,(H,18,19). The molecule has 6 heteroatoms. The van der Waals surface area contributed by atoms with Crippen molar-refractivity contribution in [1.82, 2.24) is 10.2 Å².